The highest BCUT2D eigenvalue weighted by Crippen LogP contribution is 2.26. The zero-order chi connectivity index (χ0) is 14.4. The summed E-state index contributed by atoms with van der Waals surface area (Å²) in [6.07, 6.45) is 0. The number of benzene rings is 2. The highest BCUT2D eigenvalue weighted by atomic mass is 32.2. The van der Waals surface area contributed by atoms with Gasteiger partial charge in [-0.1, -0.05) is 30.0 Å². The molecule has 0 aromatic heterocycles. The van der Waals surface area contributed by atoms with Crippen LogP contribution >= 0.6 is 11.8 Å². The lowest BCUT2D eigenvalue weighted by atomic mass is 10.1. The van der Waals surface area contributed by atoms with Crippen molar-refractivity contribution < 1.29 is 8.78 Å². The third kappa shape index (κ3) is 3.83. The zero-order valence-corrected chi connectivity index (χ0v) is 11.5. The fourth-order valence-corrected chi connectivity index (χ4v) is 2.54. The SMILES string of the molecule is NCC#Cc1ccc(CSc2ccccc2F)c(F)c1. The first-order chi connectivity index (χ1) is 9.70. The van der Waals surface area contributed by atoms with E-state index in [0.717, 1.165) is 0 Å². The maximum absolute atomic E-state index is 13.9. The van der Waals surface area contributed by atoms with Gasteiger partial charge in [0.1, 0.15) is 11.6 Å². The van der Waals surface area contributed by atoms with Crippen molar-refractivity contribution in [1.82, 2.24) is 0 Å². The molecule has 20 heavy (non-hydrogen) atoms. The standard InChI is InChI=1S/C16H13F2NS/c17-14-5-1-2-6-16(14)20-11-13-8-7-12(4-3-9-19)10-15(13)18/h1-2,5-8,10H,9,11,19H2. The smallest absolute Gasteiger partial charge is 0.136 e. The van der Waals surface area contributed by atoms with E-state index in [2.05, 4.69) is 11.8 Å². The lowest BCUT2D eigenvalue weighted by molar-refractivity contribution is 0.601. The van der Waals surface area contributed by atoms with Gasteiger partial charge in [0.15, 0.2) is 0 Å². The molecule has 2 aromatic rings. The molecule has 0 atom stereocenters. The Hall–Kier alpha value is -1.83. The summed E-state index contributed by atoms with van der Waals surface area (Å²) in [6, 6.07) is 11.2. The minimum Gasteiger partial charge on any atom is -0.320 e. The Morgan fingerprint density at radius 3 is 2.55 bits per heavy atom. The number of halogens is 2. The number of thioether (sulfide) groups is 1. The van der Waals surface area contributed by atoms with Gasteiger partial charge in [0, 0.05) is 16.2 Å². The molecule has 0 fully saturated rings. The molecule has 0 aliphatic rings. The Bertz CT molecular complexity index is 659. The largest absolute Gasteiger partial charge is 0.320 e. The summed E-state index contributed by atoms with van der Waals surface area (Å²) in [7, 11) is 0. The number of nitrogens with two attached hydrogens (primary N) is 1. The summed E-state index contributed by atoms with van der Waals surface area (Å²) in [5, 5.41) is 0. The summed E-state index contributed by atoms with van der Waals surface area (Å²) in [5.74, 6) is 5.19. The van der Waals surface area contributed by atoms with Crippen LogP contribution in [0.3, 0.4) is 0 Å². The van der Waals surface area contributed by atoms with Gasteiger partial charge in [-0.2, -0.15) is 0 Å². The van der Waals surface area contributed by atoms with Crippen LogP contribution in [0.15, 0.2) is 47.4 Å². The molecule has 0 radical (unpaired) electrons. The molecule has 0 aliphatic carbocycles. The van der Waals surface area contributed by atoms with Crippen LogP contribution in [-0.4, -0.2) is 6.54 Å². The van der Waals surface area contributed by atoms with E-state index in [1.165, 1.54) is 23.9 Å². The molecule has 2 aromatic carbocycles. The van der Waals surface area contributed by atoms with Crippen molar-refractivity contribution in [2.45, 2.75) is 10.6 Å². The van der Waals surface area contributed by atoms with Crippen LogP contribution in [0.25, 0.3) is 0 Å². The molecular formula is C16H13F2NS. The van der Waals surface area contributed by atoms with E-state index >= 15 is 0 Å². The van der Waals surface area contributed by atoms with Gasteiger partial charge < -0.3 is 5.73 Å². The van der Waals surface area contributed by atoms with Gasteiger partial charge in [-0.3, -0.25) is 0 Å². The Morgan fingerprint density at radius 1 is 1.05 bits per heavy atom. The molecule has 2 rings (SSSR count). The van der Waals surface area contributed by atoms with E-state index in [9.17, 15) is 8.78 Å². The number of hydrogen-bond donors (Lipinski definition) is 1. The van der Waals surface area contributed by atoms with Crippen molar-refractivity contribution in [2.75, 3.05) is 6.54 Å². The highest BCUT2D eigenvalue weighted by molar-refractivity contribution is 7.98. The van der Waals surface area contributed by atoms with E-state index in [4.69, 9.17) is 5.73 Å². The van der Waals surface area contributed by atoms with Crippen LogP contribution in [0.5, 0.6) is 0 Å². The van der Waals surface area contributed by atoms with Crippen molar-refractivity contribution in [3.8, 4) is 11.8 Å². The molecule has 0 unspecified atom stereocenters. The van der Waals surface area contributed by atoms with Gasteiger partial charge in [0.25, 0.3) is 0 Å². The highest BCUT2D eigenvalue weighted by Gasteiger charge is 2.06. The van der Waals surface area contributed by atoms with Crippen LogP contribution in [0.4, 0.5) is 8.78 Å². The maximum Gasteiger partial charge on any atom is 0.136 e. The molecule has 2 N–H and O–H groups in total. The van der Waals surface area contributed by atoms with Crippen LogP contribution in [0, 0.1) is 23.5 Å². The van der Waals surface area contributed by atoms with E-state index in [1.54, 1.807) is 30.3 Å². The Kier molecular flexibility index (Phi) is 5.16. The summed E-state index contributed by atoms with van der Waals surface area (Å²) in [5.41, 5.74) is 6.38. The first-order valence-corrected chi connectivity index (χ1v) is 7.04. The Morgan fingerprint density at radius 2 is 1.85 bits per heavy atom. The minimum atomic E-state index is -0.335. The summed E-state index contributed by atoms with van der Waals surface area (Å²) in [6.45, 7) is 0.243. The second kappa shape index (κ2) is 7.09. The van der Waals surface area contributed by atoms with Gasteiger partial charge in [-0.15, -0.1) is 11.8 Å². The fraction of sp³-hybridized carbons (Fsp3) is 0.125. The Labute approximate surface area is 121 Å². The molecule has 0 bridgehead atoms. The Balaban J connectivity index is 2.09. The quantitative estimate of drug-likeness (QED) is 0.690. The molecule has 102 valence electrons. The lowest BCUT2D eigenvalue weighted by Gasteiger charge is -2.05. The monoisotopic (exact) mass is 289 g/mol. The molecule has 0 spiro atoms. The van der Waals surface area contributed by atoms with E-state index in [1.807, 2.05) is 0 Å². The lowest BCUT2D eigenvalue weighted by Crippen LogP contribution is -1.94. The van der Waals surface area contributed by atoms with Gasteiger partial charge in [-0.25, -0.2) is 8.78 Å². The van der Waals surface area contributed by atoms with Crippen molar-refractivity contribution >= 4 is 11.8 Å². The summed E-state index contributed by atoms with van der Waals surface area (Å²) in [4.78, 5) is 0.513. The summed E-state index contributed by atoms with van der Waals surface area (Å²) >= 11 is 1.27. The molecule has 1 nitrogen and oxygen atoms in total. The summed E-state index contributed by atoms with van der Waals surface area (Å²) < 4.78 is 27.3. The molecule has 0 saturated carbocycles. The average molecular weight is 289 g/mol. The van der Waals surface area contributed by atoms with E-state index < -0.39 is 0 Å². The van der Waals surface area contributed by atoms with Gasteiger partial charge in [0.05, 0.1) is 6.54 Å². The number of rotatable bonds is 3. The predicted octanol–water partition coefficient (Wildman–Crippen LogP) is 3.57. The van der Waals surface area contributed by atoms with Crippen molar-refractivity contribution in [2.24, 2.45) is 5.73 Å². The first-order valence-electron chi connectivity index (χ1n) is 6.05. The normalized spacial score (nSPS) is 9.95. The average Bonchev–Trinajstić information content (AvgIpc) is 2.45. The van der Waals surface area contributed by atoms with Gasteiger partial charge in [-0.05, 0) is 29.8 Å². The molecule has 0 aliphatic heterocycles. The van der Waals surface area contributed by atoms with Crippen LogP contribution < -0.4 is 5.73 Å². The van der Waals surface area contributed by atoms with Crippen LogP contribution in [0.1, 0.15) is 11.1 Å². The molecular weight excluding hydrogens is 276 g/mol. The van der Waals surface area contributed by atoms with Crippen molar-refractivity contribution in [3.63, 3.8) is 0 Å². The predicted molar refractivity (Wildman–Crippen MR) is 78.3 cm³/mol. The van der Waals surface area contributed by atoms with Crippen molar-refractivity contribution in [3.05, 3.63) is 65.2 Å². The van der Waals surface area contributed by atoms with E-state index in [0.29, 0.717) is 21.8 Å². The second-order valence-corrected chi connectivity index (χ2v) is 5.05. The molecule has 4 heteroatoms. The minimum absolute atomic E-state index is 0.243. The first kappa shape index (κ1) is 14.6. The molecule has 0 heterocycles. The van der Waals surface area contributed by atoms with Gasteiger partial charge in [0.2, 0.25) is 0 Å². The topological polar surface area (TPSA) is 26.0 Å². The zero-order valence-electron chi connectivity index (χ0n) is 10.7. The van der Waals surface area contributed by atoms with Crippen molar-refractivity contribution in [1.29, 1.82) is 0 Å². The van der Waals surface area contributed by atoms with Crippen LogP contribution in [-0.2, 0) is 5.75 Å². The fourth-order valence-electron chi connectivity index (χ4n) is 1.61. The second-order valence-electron chi connectivity index (χ2n) is 4.03. The molecule has 0 saturated heterocycles. The maximum atomic E-state index is 13.9. The third-order valence-corrected chi connectivity index (χ3v) is 3.71. The van der Waals surface area contributed by atoms with E-state index in [-0.39, 0.29) is 18.2 Å². The molecule has 0 amide bonds. The van der Waals surface area contributed by atoms with Crippen LogP contribution in [0.2, 0.25) is 0 Å². The number of hydrogen-bond acceptors (Lipinski definition) is 2. The third-order valence-electron chi connectivity index (χ3n) is 2.61. The van der Waals surface area contributed by atoms with Gasteiger partial charge >= 0.3 is 0 Å².